The van der Waals surface area contributed by atoms with E-state index in [1.54, 1.807) is 0 Å². The van der Waals surface area contributed by atoms with Gasteiger partial charge in [0.1, 0.15) is 5.54 Å². The Labute approximate surface area is 109 Å². The standard InChI is InChI=1S/C14H24N2O2/c15-14(13(17)18)6-5-12(7-14)16(8-10-1-2-10)9-11-3-4-11/h10-12H,1-9,15H2,(H,17,18). The van der Waals surface area contributed by atoms with Crippen LogP contribution in [-0.4, -0.2) is 40.6 Å². The minimum absolute atomic E-state index is 0.410. The van der Waals surface area contributed by atoms with Gasteiger partial charge in [0.25, 0.3) is 0 Å². The maximum atomic E-state index is 11.2. The zero-order chi connectivity index (χ0) is 12.8. The highest BCUT2D eigenvalue weighted by Gasteiger charge is 2.45. The lowest BCUT2D eigenvalue weighted by Gasteiger charge is -2.30. The first-order valence-electron chi connectivity index (χ1n) is 7.33. The van der Waals surface area contributed by atoms with Gasteiger partial charge in [-0.15, -0.1) is 0 Å². The zero-order valence-corrected chi connectivity index (χ0v) is 11.0. The molecule has 0 radical (unpaired) electrons. The predicted molar refractivity (Wildman–Crippen MR) is 69.2 cm³/mol. The Morgan fingerprint density at radius 1 is 1.17 bits per heavy atom. The quantitative estimate of drug-likeness (QED) is 0.750. The van der Waals surface area contributed by atoms with Crippen LogP contribution in [0.5, 0.6) is 0 Å². The SMILES string of the molecule is NC1(C(=O)O)CCC(N(CC2CC2)CC2CC2)C1. The Hall–Kier alpha value is -0.610. The summed E-state index contributed by atoms with van der Waals surface area (Å²) in [5.41, 5.74) is 5.03. The number of carbonyl (C=O) groups is 1. The van der Waals surface area contributed by atoms with Crippen molar-refractivity contribution in [1.82, 2.24) is 4.90 Å². The number of carboxylic acids is 1. The Morgan fingerprint density at radius 2 is 1.72 bits per heavy atom. The molecule has 0 aliphatic heterocycles. The van der Waals surface area contributed by atoms with Crippen LogP contribution in [-0.2, 0) is 4.79 Å². The van der Waals surface area contributed by atoms with Gasteiger partial charge in [0.15, 0.2) is 0 Å². The number of nitrogens with zero attached hydrogens (tertiary/aromatic N) is 1. The first-order chi connectivity index (χ1) is 8.57. The topological polar surface area (TPSA) is 66.6 Å². The van der Waals surface area contributed by atoms with Crippen LogP contribution in [0.4, 0.5) is 0 Å². The number of carboxylic acid groups (broad SMARTS) is 1. The molecule has 2 unspecified atom stereocenters. The molecule has 3 aliphatic rings. The summed E-state index contributed by atoms with van der Waals surface area (Å²) >= 11 is 0. The van der Waals surface area contributed by atoms with E-state index in [1.807, 2.05) is 0 Å². The summed E-state index contributed by atoms with van der Waals surface area (Å²) in [4.78, 5) is 13.8. The second kappa shape index (κ2) is 4.49. The molecule has 3 rings (SSSR count). The highest BCUT2D eigenvalue weighted by Crippen LogP contribution is 2.38. The molecule has 0 spiro atoms. The lowest BCUT2D eigenvalue weighted by Crippen LogP contribution is -2.47. The highest BCUT2D eigenvalue weighted by atomic mass is 16.4. The van der Waals surface area contributed by atoms with E-state index in [2.05, 4.69) is 4.90 Å². The van der Waals surface area contributed by atoms with Gasteiger partial charge in [0.2, 0.25) is 0 Å². The fraction of sp³-hybridized carbons (Fsp3) is 0.929. The Morgan fingerprint density at radius 3 is 2.11 bits per heavy atom. The molecular formula is C14H24N2O2. The summed E-state index contributed by atoms with van der Waals surface area (Å²) in [6, 6.07) is 0.410. The van der Waals surface area contributed by atoms with Crippen molar-refractivity contribution in [3.05, 3.63) is 0 Å². The van der Waals surface area contributed by atoms with E-state index in [0.29, 0.717) is 18.9 Å². The summed E-state index contributed by atoms with van der Waals surface area (Å²) in [6.45, 7) is 2.35. The Bertz CT molecular complexity index is 325. The van der Waals surface area contributed by atoms with Crippen molar-refractivity contribution < 1.29 is 9.90 Å². The van der Waals surface area contributed by atoms with Crippen LogP contribution in [0, 0.1) is 11.8 Å². The van der Waals surface area contributed by atoms with Gasteiger partial charge < -0.3 is 10.8 Å². The van der Waals surface area contributed by atoms with Crippen LogP contribution in [0.15, 0.2) is 0 Å². The lowest BCUT2D eigenvalue weighted by molar-refractivity contribution is -0.143. The van der Waals surface area contributed by atoms with E-state index in [4.69, 9.17) is 5.73 Å². The third-order valence-corrected chi connectivity index (χ3v) is 4.85. The first kappa shape index (κ1) is 12.4. The van der Waals surface area contributed by atoms with Gasteiger partial charge in [0, 0.05) is 19.1 Å². The monoisotopic (exact) mass is 252 g/mol. The van der Waals surface area contributed by atoms with Gasteiger partial charge in [-0.2, -0.15) is 0 Å². The second-order valence-electron chi connectivity index (χ2n) is 6.70. The molecule has 0 amide bonds. The van der Waals surface area contributed by atoms with E-state index < -0.39 is 11.5 Å². The normalized spacial score (nSPS) is 36.2. The lowest BCUT2D eigenvalue weighted by atomic mass is 9.99. The van der Waals surface area contributed by atoms with Crippen LogP contribution in [0.1, 0.15) is 44.9 Å². The molecule has 0 bridgehead atoms. The van der Waals surface area contributed by atoms with Crippen LogP contribution < -0.4 is 5.73 Å². The Kier molecular flexibility index (Phi) is 3.10. The van der Waals surface area contributed by atoms with E-state index in [1.165, 1.54) is 38.8 Å². The number of hydrogen-bond acceptors (Lipinski definition) is 3. The maximum absolute atomic E-state index is 11.2. The first-order valence-corrected chi connectivity index (χ1v) is 7.33. The van der Waals surface area contributed by atoms with Gasteiger partial charge in [-0.1, -0.05) is 0 Å². The fourth-order valence-electron chi connectivity index (χ4n) is 3.19. The summed E-state index contributed by atoms with van der Waals surface area (Å²) in [7, 11) is 0. The molecule has 0 aromatic carbocycles. The minimum Gasteiger partial charge on any atom is -0.480 e. The number of rotatable bonds is 6. The molecule has 0 aromatic heterocycles. The van der Waals surface area contributed by atoms with Crippen molar-refractivity contribution in [1.29, 1.82) is 0 Å². The molecule has 4 heteroatoms. The smallest absolute Gasteiger partial charge is 0.323 e. The highest BCUT2D eigenvalue weighted by molar-refractivity contribution is 5.79. The largest absolute Gasteiger partial charge is 0.480 e. The maximum Gasteiger partial charge on any atom is 0.323 e. The fourth-order valence-corrected chi connectivity index (χ4v) is 3.19. The molecule has 18 heavy (non-hydrogen) atoms. The van der Waals surface area contributed by atoms with E-state index in [-0.39, 0.29) is 0 Å². The molecule has 3 N–H and O–H groups in total. The van der Waals surface area contributed by atoms with Crippen LogP contribution in [0.25, 0.3) is 0 Å². The second-order valence-corrected chi connectivity index (χ2v) is 6.70. The molecule has 0 heterocycles. The summed E-state index contributed by atoms with van der Waals surface area (Å²) in [5.74, 6) is 0.936. The van der Waals surface area contributed by atoms with Gasteiger partial charge in [-0.25, -0.2) is 0 Å². The zero-order valence-electron chi connectivity index (χ0n) is 11.0. The predicted octanol–water partition coefficient (Wildman–Crippen LogP) is 1.44. The molecule has 0 aromatic rings. The summed E-state index contributed by atoms with van der Waals surface area (Å²) < 4.78 is 0. The van der Waals surface area contributed by atoms with Crippen molar-refractivity contribution in [3.8, 4) is 0 Å². The van der Waals surface area contributed by atoms with Gasteiger partial charge in [-0.05, 0) is 56.8 Å². The molecule has 3 saturated carbocycles. The van der Waals surface area contributed by atoms with E-state index in [0.717, 1.165) is 18.3 Å². The average molecular weight is 252 g/mol. The van der Waals surface area contributed by atoms with Crippen LogP contribution in [0.2, 0.25) is 0 Å². The van der Waals surface area contributed by atoms with Crippen molar-refractivity contribution in [2.45, 2.75) is 56.5 Å². The van der Waals surface area contributed by atoms with Crippen LogP contribution >= 0.6 is 0 Å². The summed E-state index contributed by atoms with van der Waals surface area (Å²) in [6.07, 6.45) is 7.69. The van der Waals surface area contributed by atoms with E-state index >= 15 is 0 Å². The van der Waals surface area contributed by atoms with Crippen molar-refractivity contribution in [2.24, 2.45) is 17.6 Å². The molecular weight excluding hydrogens is 228 g/mol. The Balaban J connectivity index is 1.61. The van der Waals surface area contributed by atoms with Crippen molar-refractivity contribution in [3.63, 3.8) is 0 Å². The van der Waals surface area contributed by atoms with Crippen molar-refractivity contribution >= 4 is 5.97 Å². The van der Waals surface area contributed by atoms with Crippen LogP contribution in [0.3, 0.4) is 0 Å². The van der Waals surface area contributed by atoms with Gasteiger partial charge >= 0.3 is 5.97 Å². The molecule has 0 saturated heterocycles. The number of aliphatic carboxylic acids is 1. The van der Waals surface area contributed by atoms with Crippen molar-refractivity contribution in [2.75, 3.05) is 13.1 Å². The average Bonchev–Trinajstić information content (AvgIpc) is 3.22. The summed E-state index contributed by atoms with van der Waals surface area (Å²) in [5, 5.41) is 9.22. The molecule has 3 fully saturated rings. The molecule has 4 nitrogen and oxygen atoms in total. The number of nitrogens with two attached hydrogens (primary N) is 1. The van der Waals surface area contributed by atoms with E-state index in [9.17, 15) is 9.90 Å². The third-order valence-electron chi connectivity index (χ3n) is 4.85. The molecule has 102 valence electrons. The number of hydrogen-bond donors (Lipinski definition) is 2. The van der Waals surface area contributed by atoms with Gasteiger partial charge in [0.05, 0.1) is 0 Å². The molecule has 3 aliphatic carbocycles. The minimum atomic E-state index is -0.962. The molecule has 2 atom stereocenters. The third kappa shape index (κ3) is 2.69. The van der Waals surface area contributed by atoms with Gasteiger partial charge in [-0.3, -0.25) is 9.69 Å².